The summed E-state index contributed by atoms with van der Waals surface area (Å²) in [5, 5.41) is 3.45. The Bertz CT molecular complexity index is 312. The lowest BCUT2D eigenvalue weighted by Gasteiger charge is -2.22. The highest BCUT2D eigenvalue weighted by molar-refractivity contribution is 5.26. The number of aromatic nitrogens is 2. The molecule has 74 valence electrons. The van der Waals surface area contributed by atoms with Gasteiger partial charge in [-0.2, -0.15) is 0 Å². The molecule has 0 aliphatic heterocycles. The molecule has 1 N–H and O–H groups in total. The lowest BCUT2D eigenvalue weighted by atomic mass is 9.96. The molecule has 2 aliphatic rings. The first-order chi connectivity index (χ1) is 6.93. The quantitative estimate of drug-likeness (QED) is 0.774. The Morgan fingerprint density at radius 2 is 2.07 bits per heavy atom. The van der Waals surface area contributed by atoms with Crippen molar-refractivity contribution in [3.05, 3.63) is 18.5 Å². The molecular weight excluding hydrogens is 174 g/mol. The van der Waals surface area contributed by atoms with Gasteiger partial charge in [0.15, 0.2) is 0 Å². The van der Waals surface area contributed by atoms with Crippen molar-refractivity contribution in [2.24, 2.45) is 11.8 Å². The molecule has 14 heavy (non-hydrogen) atoms. The second-order valence-electron chi connectivity index (χ2n) is 4.41. The Morgan fingerprint density at radius 3 is 2.93 bits per heavy atom. The van der Waals surface area contributed by atoms with Crippen molar-refractivity contribution in [3.63, 3.8) is 0 Å². The highest BCUT2D eigenvalue weighted by atomic mass is 15.1. The number of fused-ring (bicyclic) bond motifs is 1. The minimum Gasteiger partial charge on any atom is -0.351 e. The van der Waals surface area contributed by atoms with Crippen LogP contribution in [0.4, 0.5) is 5.95 Å². The molecule has 2 fully saturated rings. The fourth-order valence-electron chi connectivity index (χ4n) is 2.63. The first-order valence-electron chi connectivity index (χ1n) is 5.47. The van der Waals surface area contributed by atoms with Crippen LogP contribution in [0.1, 0.15) is 25.7 Å². The Morgan fingerprint density at radius 1 is 1.21 bits per heavy atom. The van der Waals surface area contributed by atoms with E-state index in [4.69, 9.17) is 0 Å². The highest BCUT2D eigenvalue weighted by Gasteiger charge is 2.45. The van der Waals surface area contributed by atoms with Crippen LogP contribution in [-0.4, -0.2) is 16.0 Å². The Kier molecular flexibility index (Phi) is 1.89. The molecule has 3 atom stereocenters. The van der Waals surface area contributed by atoms with Gasteiger partial charge in [0.25, 0.3) is 0 Å². The van der Waals surface area contributed by atoms with Crippen molar-refractivity contribution >= 4 is 5.95 Å². The average molecular weight is 189 g/mol. The van der Waals surface area contributed by atoms with Gasteiger partial charge in [-0.3, -0.25) is 0 Å². The Balaban J connectivity index is 1.67. The van der Waals surface area contributed by atoms with Crippen molar-refractivity contribution in [2.75, 3.05) is 5.32 Å². The van der Waals surface area contributed by atoms with Crippen LogP contribution in [0.5, 0.6) is 0 Å². The second-order valence-corrected chi connectivity index (χ2v) is 4.41. The molecule has 2 saturated carbocycles. The van der Waals surface area contributed by atoms with E-state index >= 15 is 0 Å². The number of nitrogens with zero attached hydrogens (tertiary/aromatic N) is 2. The van der Waals surface area contributed by atoms with Gasteiger partial charge >= 0.3 is 0 Å². The minimum atomic E-state index is 0.635. The smallest absolute Gasteiger partial charge is 0.222 e. The van der Waals surface area contributed by atoms with E-state index in [2.05, 4.69) is 15.3 Å². The molecule has 0 spiro atoms. The van der Waals surface area contributed by atoms with Gasteiger partial charge in [-0.05, 0) is 30.7 Å². The first-order valence-corrected chi connectivity index (χ1v) is 5.47. The van der Waals surface area contributed by atoms with Crippen molar-refractivity contribution in [1.29, 1.82) is 0 Å². The molecular formula is C11H15N3. The molecule has 0 saturated heterocycles. The third-order valence-electron chi connectivity index (χ3n) is 3.46. The summed E-state index contributed by atoms with van der Waals surface area (Å²) in [6.07, 6.45) is 9.11. The van der Waals surface area contributed by atoms with Crippen LogP contribution in [0, 0.1) is 11.8 Å². The predicted molar refractivity (Wildman–Crippen MR) is 54.9 cm³/mol. The maximum atomic E-state index is 4.20. The summed E-state index contributed by atoms with van der Waals surface area (Å²) in [5.74, 6) is 2.71. The molecule has 0 aromatic carbocycles. The van der Waals surface area contributed by atoms with Gasteiger partial charge in [-0.15, -0.1) is 0 Å². The van der Waals surface area contributed by atoms with Crippen LogP contribution in [0.15, 0.2) is 18.5 Å². The van der Waals surface area contributed by atoms with Crippen LogP contribution in [0.25, 0.3) is 0 Å². The normalized spacial score (nSPS) is 34.7. The van der Waals surface area contributed by atoms with Gasteiger partial charge in [0, 0.05) is 18.4 Å². The highest BCUT2D eigenvalue weighted by Crippen LogP contribution is 2.50. The standard InChI is InChI=1S/C11H15N3/c1-3-8-7-9(8)10(4-1)14-11-12-5-2-6-13-11/h2,5-6,8-10H,1,3-4,7H2,(H,12,13,14). The second kappa shape index (κ2) is 3.23. The fraction of sp³-hybridized carbons (Fsp3) is 0.636. The predicted octanol–water partition coefficient (Wildman–Crippen LogP) is 2.08. The first kappa shape index (κ1) is 8.21. The van der Waals surface area contributed by atoms with E-state index in [1.54, 1.807) is 12.4 Å². The molecule has 3 heteroatoms. The van der Waals surface area contributed by atoms with Crippen LogP contribution in [-0.2, 0) is 0 Å². The largest absolute Gasteiger partial charge is 0.351 e. The van der Waals surface area contributed by atoms with Gasteiger partial charge in [0.2, 0.25) is 5.95 Å². The number of nitrogens with one attached hydrogen (secondary N) is 1. The van der Waals surface area contributed by atoms with Crippen LogP contribution < -0.4 is 5.32 Å². The van der Waals surface area contributed by atoms with E-state index in [0.29, 0.717) is 6.04 Å². The van der Waals surface area contributed by atoms with E-state index in [0.717, 1.165) is 17.8 Å². The van der Waals surface area contributed by atoms with Crippen LogP contribution in [0.2, 0.25) is 0 Å². The van der Waals surface area contributed by atoms with Gasteiger partial charge in [-0.25, -0.2) is 9.97 Å². The zero-order valence-electron chi connectivity index (χ0n) is 8.19. The third kappa shape index (κ3) is 1.47. The van der Waals surface area contributed by atoms with Gasteiger partial charge in [-0.1, -0.05) is 12.8 Å². The molecule has 1 aromatic rings. The van der Waals surface area contributed by atoms with Crippen molar-refractivity contribution in [3.8, 4) is 0 Å². The third-order valence-corrected chi connectivity index (χ3v) is 3.46. The maximum absolute atomic E-state index is 4.20. The average Bonchev–Trinajstić information content (AvgIpc) is 2.99. The van der Waals surface area contributed by atoms with Crippen LogP contribution in [0.3, 0.4) is 0 Å². The molecule has 1 aromatic heterocycles. The lowest BCUT2D eigenvalue weighted by Crippen LogP contribution is -2.26. The topological polar surface area (TPSA) is 37.8 Å². The summed E-state index contributed by atoms with van der Waals surface area (Å²) in [7, 11) is 0. The summed E-state index contributed by atoms with van der Waals surface area (Å²) < 4.78 is 0. The number of hydrogen-bond donors (Lipinski definition) is 1. The monoisotopic (exact) mass is 189 g/mol. The van der Waals surface area contributed by atoms with Gasteiger partial charge in [0.05, 0.1) is 0 Å². The maximum Gasteiger partial charge on any atom is 0.222 e. The number of hydrogen-bond acceptors (Lipinski definition) is 3. The molecule has 0 bridgehead atoms. The molecule has 3 nitrogen and oxygen atoms in total. The van der Waals surface area contributed by atoms with Gasteiger partial charge < -0.3 is 5.32 Å². The summed E-state index contributed by atoms with van der Waals surface area (Å²) in [5.41, 5.74) is 0. The summed E-state index contributed by atoms with van der Waals surface area (Å²) in [4.78, 5) is 8.41. The van der Waals surface area contributed by atoms with E-state index in [9.17, 15) is 0 Å². The van der Waals surface area contributed by atoms with E-state index in [-0.39, 0.29) is 0 Å². The van der Waals surface area contributed by atoms with Crippen LogP contribution >= 0.6 is 0 Å². The van der Waals surface area contributed by atoms with Crippen molar-refractivity contribution in [1.82, 2.24) is 9.97 Å². The Hall–Kier alpha value is -1.12. The summed E-state index contributed by atoms with van der Waals surface area (Å²) in [6, 6.07) is 2.49. The molecule has 0 radical (unpaired) electrons. The molecule has 3 unspecified atom stereocenters. The fourth-order valence-corrected chi connectivity index (χ4v) is 2.63. The lowest BCUT2D eigenvalue weighted by molar-refractivity contribution is 0.438. The SMILES string of the molecule is c1cnc(NC2CCCC3CC32)nc1. The van der Waals surface area contributed by atoms with Gasteiger partial charge in [0.1, 0.15) is 0 Å². The summed E-state index contributed by atoms with van der Waals surface area (Å²) in [6.45, 7) is 0. The van der Waals surface area contributed by atoms with Crippen molar-refractivity contribution in [2.45, 2.75) is 31.7 Å². The zero-order chi connectivity index (χ0) is 9.38. The van der Waals surface area contributed by atoms with E-state index < -0.39 is 0 Å². The minimum absolute atomic E-state index is 0.635. The van der Waals surface area contributed by atoms with E-state index in [1.165, 1.54) is 25.7 Å². The molecule has 0 amide bonds. The molecule has 2 aliphatic carbocycles. The summed E-state index contributed by atoms with van der Waals surface area (Å²) >= 11 is 0. The molecule has 3 rings (SSSR count). The van der Waals surface area contributed by atoms with Crippen molar-refractivity contribution < 1.29 is 0 Å². The van der Waals surface area contributed by atoms with E-state index in [1.807, 2.05) is 6.07 Å². The Labute approximate surface area is 84.0 Å². The number of rotatable bonds is 2. The molecule has 1 heterocycles. The zero-order valence-corrected chi connectivity index (χ0v) is 8.19. The number of anilines is 1.